The van der Waals surface area contributed by atoms with Gasteiger partial charge in [-0.15, -0.1) is 0 Å². The lowest BCUT2D eigenvalue weighted by atomic mass is 10.1. The summed E-state index contributed by atoms with van der Waals surface area (Å²) in [6.45, 7) is 5.68. The Kier molecular flexibility index (Phi) is 8.71. The van der Waals surface area contributed by atoms with Crippen molar-refractivity contribution >= 4 is 46.2 Å². The monoisotopic (exact) mass is 518 g/mol. The fourth-order valence-electron chi connectivity index (χ4n) is 4.05. The van der Waals surface area contributed by atoms with Crippen LogP contribution in [-0.2, 0) is 13.2 Å². The lowest BCUT2D eigenvalue weighted by molar-refractivity contribution is 0.269. The van der Waals surface area contributed by atoms with Crippen molar-refractivity contribution in [1.82, 2.24) is 0 Å². The summed E-state index contributed by atoms with van der Waals surface area (Å²) < 4.78 is 11.8. The molecule has 4 nitrogen and oxygen atoms in total. The summed E-state index contributed by atoms with van der Waals surface area (Å²) >= 11 is 18.7. The molecular formula is C27H29Cl3N2O2. The first-order valence-electron chi connectivity index (χ1n) is 11.6. The lowest BCUT2D eigenvalue weighted by Crippen LogP contribution is -2.29. The highest BCUT2D eigenvalue weighted by Gasteiger charge is 2.14. The Labute approximate surface area is 216 Å². The first kappa shape index (κ1) is 24.8. The first-order chi connectivity index (χ1) is 16.5. The van der Waals surface area contributed by atoms with E-state index in [1.54, 1.807) is 6.07 Å². The summed E-state index contributed by atoms with van der Waals surface area (Å²) in [5.41, 5.74) is 4.13. The van der Waals surface area contributed by atoms with Gasteiger partial charge >= 0.3 is 0 Å². The summed E-state index contributed by atoms with van der Waals surface area (Å²) in [5.74, 6) is 1.39. The number of benzene rings is 3. The highest BCUT2D eigenvalue weighted by Crippen LogP contribution is 2.33. The molecule has 0 amide bonds. The average Bonchev–Trinajstić information content (AvgIpc) is 2.85. The van der Waals surface area contributed by atoms with Crippen molar-refractivity contribution in [3.63, 3.8) is 0 Å². The van der Waals surface area contributed by atoms with Crippen molar-refractivity contribution in [2.45, 2.75) is 39.3 Å². The fourth-order valence-corrected chi connectivity index (χ4v) is 4.67. The van der Waals surface area contributed by atoms with E-state index in [1.807, 2.05) is 43.3 Å². The van der Waals surface area contributed by atoms with E-state index in [2.05, 4.69) is 22.3 Å². The molecule has 34 heavy (non-hydrogen) atoms. The Morgan fingerprint density at radius 1 is 0.765 bits per heavy atom. The zero-order chi connectivity index (χ0) is 23.9. The third-order valence-electron chi connectivity index (χ3n) is 5.83. The van der Waals surface area contributed by atoms with E-state index in [1.165, 1.54) is 19.3 Å². The van der Waals surface area contributed by atoms with Crippen molar-refractivity contribution in [2.24, 2.45) is 0 Å². The van der Waals surface area contributed by atoms with Gasteiger partial charge in [0.15, 0.2) is 11.5 Å². The van der Waals surface area contributed by atoms with Crippen LogP contribution in [0.25, 0.3) is 0 Å². The first-order valence-corrected chi connectivity index (χ1v) is 12.8. The molecule has 0 radical (unpaired) electrons. The van der Waals surface area contributed by atoms with E-state index in [0.717, 1.165) is 40.6 Å². The molecule has 1 aliphatic heterocycles. The maximum Gasteiger partial charge on any atom is 0.161 e. The number of piperidine rings is 1. The largest absolute Gasteiger partial charge is 0.490 e. The second kappa shape index (κ2) is 11.9. The molecule has 0 saturated carbocycles. The van der Waals surface area contributed by atoms with Gasteiger partial charge in [0.25, 0.3) is 0 Å². The number of anilines is 2. The van der Waals surface area contributed by atoms with Crippen LogP contribution in [0.5, 0.6) is 11.5 Å². The predicted molar refractivity (Wildman–Crippen MR) is 143 cm³/mol. The number of nitrogens with zero attached hydrogens (tertiary/aromatic N) is 1. The van der Waals surface area contributed by atoms with Crippen LogP contribution in [0.2, 0.25) is 15.1 Å². The Hall–Kier alpha value is -2.27. The number of rotatable bonds is 9. The van der Waals surface area contributed by atoms with Gasteiger partial charge in [-0.2, -0.15) is 0 Å². The van der Waals surface area contributed by atoms with Crippen LogP contribution in [-0.4, -0.2) is 19.7 Å². The van der Waals surface area contributed by atoms with Gasteiger partial charge in [0.2, 0.25) is 0 Å². The molecule has 1 fully saturated rings. The van der Waals surface area contributed by atoms with Gasteiger partial charge in [-0.1, -0.05) is 46.9 Å². The summed E-state index contributed by atoms with van der Waals surface area (Å²) in [5, 5.41) is 5.29. The topological polar surface area (TPSA) is 33.7 Å². The molecule has 1 heterocycles. The van der Waals surface area contributed by atoms with E-state index in [0.29, 0.717) is 41.3 Å². The van der Waals surface area contributed by atoms with Gasteiger partial charge in [0.05, 0.1) is 27.4 Å². The Bertz CT molecular complexity index is 1120. The van der Waals surface area contributed by atoms with E-state index in [-0.39, 0.29) is 0 Å². The van der Waals surface area contributed by atoms with Crippen LogP contribution < -0.4 is 19.7 Å². The summed E-state index contributed by atoms with van der Waals surface area (Å²) in [6, 6.07) is 17.7. The molecule has 1 saturated heterocycles. The van der Waals surface area contributed by atoms with E-state index in [9.17, 15) is 0 Å². The molecular weight excluding hydrogens is 491 g/mol. The van der Waals surface area contributed by atoms with E-state index < -0.39 is 0 Å². The van der Waals surface area contributed by atoms with Crippen LogP contribution in [0.4, 0.5) is 11.4 Å². The molecule has 7 heteroatoms. The van der Waals surface area contributed by atoms with Crippen LogP contribution in [0.15, 0.2) is 54.6 Å². The lowest BCUT2D eigenvalue weighted by Gasteiger charge is -2.29. The summed E-state index contributed by atoms with van der Waals surface area (Å²) in [4.78, 5) is 2.38. The molecule has 1 aliphatic rings. The third-order valence-corrected chi connectivity index (χ3v) is 6.87. The highest BCUT2D eigenvalue weighted by atomic mass is 35.5. The van der Waals surface area contributed by atoms with Crippen molar-refractivity contribution in [3.05, 3.63) is 80.8 Å². The number of halogens is 3. The van der Waals surface area contributed by atoms with Crippen molar-refractivity contribution < 1.29 is 9.47 Å². The molecule has 0 spiro atoms. The predicted octanol–water partition coefficient (Wildman–Crippen LogP) is 8.23. The van der Waals surface area contributed by atoms with Gasteiger partial charge in [0, 0.05) is 25.3 Å². The molecule has 0 aliphatic carbocycles. The Morgan fingerprint density at radius 2 is 1.56 bits per heavy atom. The van der Waals surface area contributed by atoms with Gasteiger partial charge < -0.3 is 19.7 Å². The number of ether oxygens (including phenoxy) is 2. The molecule has 0 atom stereocenters. The third kappa shape index (κ3) is 6.44. The molecule has 3 aromatic rings. The maximum absolute atomic E-state index is 6.60. The smallest absolute Gasteiger partial charge is 0.161 e. The van der Waals surface area contributed by atoms with Crippen molar-refractivity contribution in [3.8, 4) is 11.5 Å². The standard InChI is InChI=1S/C27H29Cl3N2O2/c1-2-33-27-15-19(7-11-26(27)34-18-20-6-9-22(28)23(29)14-20)17-31-21-8-10-25(24(30)16-21)32-12-4-3-5-13-32/h6-11,14-16,31H,2-5,12-13,17-18H2,1H3. The van der Waals surface area contributed by atoms with Crippen molar-refractivity contribution in [2.75, 3.05) is 29.9 Å². The maximum atomic E-state index is 6.60. The van der Waals surface area contributed by atoms with Gasteiger partial charge in [-0.05, 0) is 79.8 Å². The molecule has 0 aromatic heterocycles. The van der Waals surface area contributed by atoms with Crippen molar-refractivity contribution in [1.29, 1.82) is 0 Å². The van der Waals surface area contributed by atoms with Crippen LogP contribution in [0, 0.1) is 0 Å². The average molecular weight is 520 g/mol. The van der Waals surface area contributed by atoms with Gasteiger partial charge in [-0.25, -0.2) is 0 Å². The van der Waals surface area contributed by atoms with Crippen LogP contribution in [0.1, 0.15) is 37.3 Å². The normalized spacial score (nSPS) is 13.6. The summed E-state index contributed by atoms with van der Waals surface area (Å²) in [7, 11) is 0. The number of hydrogen-bond donors (Lipinski definition) is 1. The summed E-state index contributed by atoms with van der Waals surface area (Å²) in [6.07, 6.45) is 3.76. The molecule has 0 unspecified atom stereocenters. The minimum absolute atomic E-state index is 0.371. The Balaban J connectivity index is 1.39. The number of nitrogens with one attached hydrogen (secondary N) is 1. The SMILES string of the molecule is CCOc1cc(CNc2ccc(N3CCCCC3)c(Cl)c2)ccc1OCc1ccc(Cl)c(Cl)c1. The minimum atomic E-state index is 0.371. The number of hydrogen-bond acceptors (Lipinski definition) is 4. The minimum Gasteiger partial charge on any atom is -0.490 e. The molecule has 3 aromatic carbocycles. The Morgan fingerprint density at radius 3 is 2.29 bits per heavy atom. The molecule has 180 valence electrons. The second-order valence-corrected chi connectivity index (χ2v) is 9.54. The molecule has 0 bridgehead atoms. The zero-order valence-corrected chi connectivity index (χ0v) is 21.5. The van der Waals surface area contributed by atoms with E-state index in [4.69, 9.17) is 44.3 Å². The zero-order valence-electron chi connectivity index (χ0n) is 19.3. The highest BCUT2D eigenvalue weighted by molar-refractivity contribution is 6.42. The quantitative estimate of drug-likeness (QED) is 0.309. The van der Waals surface area contributed by atoms with Gasteiger partial charge in [0.1, 0.15) is 6.61 Å². The van der Waals surface area contributed by atoms with Gasteiger partial charge in [-0.3, -0.25) is 0 Å². The van der Waals surface area contributed by atoms with E-state index >= 15 is 0 Å². The van der Waals surface area contributed by atoms with Crippen LogP contribution in [0.3, 0.4) is 0 Å². The molecule has 1 N–H and O–H groups in total. The second-order valence-electron chi connectivity index (χ2n) is 8.32. The molecule has 4 rings (SSSR count). The van der Waals surface area contributed by atoms with Crippen LogP contribution >= 0.6 is 34.8 Å². The fraction of sp³-hybridized carbons (Fsp3) is 0.333.